The van der Waals surface area contributed by atoms with Crippen LogP contribution in [0.2, 0.25) is 0 Å². The molecule has 1 heterocycles. The first-order valence-corrected chi connectivity index (χ1v) is 5.25. The summed E-state index contributed by atoms with van der Waals surface area (Å²) in [6.07, 6.45) is 2.33. The molecule has 1 amide bonds. The van der Waals surface area contributed by atoms with Gasteiger partial charge in [0, 0.05) is 6.20 Å². The van der Waals surface area contributed by atoms with E-state index in [0.29, 0.717) is 18.5 Å². The van der Waals surface area contributed by atoms with E-state index in [1.165, 1.54) is 0 Å². The van der Waals surface area contributed by atoms with Crippen molar-refractivity contribution in [2.45, 2.75) is 32.2 Å². The van der Waals surface area contributed by atoms with Gasteiger partial charge in [0.05, 0.1) is 0 Å². The maximum Gasteiger partial charge on any atom is 0.329 e. The molecule has 5 heteroatoms. The van der Waals surface area contributed by atoms with Crippen molar-refractivity contribution in [1.29, 1.82) is 0 Å². The van der Waals surface area contributed by atoms with Crippen molar-refractivity contribution >= 4 is 11.9 Å². The van der Waals surface area contributed by atoms with Crippen LogP contribution >= 0.6 is 0 Å². The fraction of sp³-hybridized carbons (Fsp3) is 0.455. The second-order valence-corrected chi connectivity index (χ2v) is 3.63. The summed E-state index contributed by atoms with van der Waals surface area (Å²) in [7, 11) is 0. The lowest BCUT2D eigenvalue weighted by atomic mass is 9.93. The first-order chi connectivity index (χ1) is 7.55. The molecular weight excluding hydrogens is 208 g/mol. The SMILES string of the molecule is CCC(CC)(NC(=O)c1ccc[nH]1)C(=O)O. The second kappa shape index (κ2) is 4.83. The third-order valence-corrected chi connectivity index (χ3v) is 2.81. The third kappa shape index (κ3) is 2.24. The number of aromatic amines is 1. The summed E-state index contributed by atoms with van der Waals surface area (Å²) in [5.74, 6) is -1.39. The van der Waals surface area contributed by atoms with Gasteiger partial charge in [0.1, 0.15) is 11.2 Å². The average Bonchev–Trinajstić information content (AvgIpc) is 2.78. The molecule has 0 saturated heterocycles. The molecular formula is C11H16N2O3. The minimum absolute atomic E-state index is 0.352. The molecule has 0 atom stereocenters. The highest BCUT2D eigenvalue weighted by molar-refractivity contribution is 5.96. The van der Waals surface area contributed by atoms with Crippen molar-refractivity contribution in [3.8, 4) is 0 Å². The quantitative estimate of drug-likeness (QED) is 0.706. The minimum Gasteiger partial charge on any atom is -0.480 e. The normalized spacial score (nSPS) is 11.1. The van der Waals surface area contributed by atoms with Crippen molar-refractivity contribution in [1.82, 2.24) is 10.3 Å². The number of hydrogen-bond donors (Lipinski definition) is 3. The highest BCUT2D eigenvalue weighted by Crippen LogP contribution is 2.16. The Bertz CT molecular complexity index is 367. The Labute approximate surface area is 93.9 Å². The Kier molecular flexibility index (Phi) is 3.71. The van der Waals surface area contributed by atoms with Gasteiger partial charge in [0.25, 0.3) is 5.91 Å². The lowest BCUT2D eigenvalue weighted by Gasteiger charge is -2.27. The molecule has 3 N–H and O–H groups in total. The predicted molar refractivity (Wildman–Crippen MR) is 59.2 cm³/mol. The first kappa shape index (κ1) is 12.3. The molecule has 0 aliphatic carbocycles. The van der Waals surface area contributed by atoms with Crippen LogP contribution in [0.15, 0.2) is 18.3 Å². The Morgan fingerprint density at radius 1 is 1.44 bits per heavy atom. The van der Waals surface area contributed by atoms with E-state index < -0.39 is 17.4 Å². The monoisotopic (exact) mass is 224 g/mol. The number of carbonyl (C=O) groups excluding carboxylic acids is 1. The number of hydrogen-bond acceptors (Lipinski definition) is 2. The van der Waals surface area contributed by atoms with E-state index in [1.54, 1.807) is 32.2 Å². The molecule has 88 valence electrons. The number of carbonyl (C=O) groups is 2. The lowest BCUT2D eigenvalue weighted by molar-refractivity contribution is -0.144. The zero-order chi connectivity index (χ0) is 12.2. The molecule has 1 rings (SSSR count). The van der Waals surface area contributed by atoms with E-state index in [1.807, 2.05) is 0 Å². The van der Waals surface area contributed by atoms with Gasteiger partial charge >= 0.3 is 5.97 Å². The molecule has 0 fully saturated rings. The zero-order valence-electron chi connectivity index (χ0n) is 9.41. The van der Waals surface area contributed by atoms with E-state index in [0.717, 1.165) is 0 Å². The van der Waals surface area contributed by atoms with E-state index in [2.05, 4.69) is 10.3 Å². The van der Waals surface area contributed by atoms with Crippen molar-refractivity contribution in [3.63, 3.8) is 0 Å². The van der Waals surface area contributed by atoms with Gasteiger partial charge in [0.2, 0.25) is 0 Å². The highest BCUT2D eigenvalue weighted by Gasteiger charge is 2.36. The number of carboxylic acid groups (broad SMARTS) is 1. The number of amides is 1. The molecule has 0 radical (unpaired) electrons. The van der Waals surface area contributed by atoms with Gasteiger partial charge in [-0.05, 0) is 25.0 Å². The summed E-state index contributed by atoms with van der Waals surface area (Å²) in [6.45, 7) is 3.49. The topological polar surface area (TPSA) is 82.2 Å². The number of aliphatic carboxylic acids is 1. The second-order valence-electron chi connectivity index (χ2n) is 3.63. The number of nitrogens with one attached hydrogen (secondary N) is 2. The Morgan fingerprint density at radius 2 is 2.06 bits per heavy atom. The molecule has 1 aromatic rings. The molecule has 0 saturated carbocycles. The van der Waals surface area contributed by atoms with Gasteiger partial charge in [-0.3, -0.25) is 4.79 Å². The van der Waals surface area contributed by atoms with Crippen LogP contribution in [0.1, 0.15) is 37.2 Å². The van der Waals surface area contributed by atoms with Gasteiger partial charge < -0.3 is 15.4 Å². The van der Waals surface area contributed by atoms with Crippen molar-refractivity contribution in [2.24, 2.45) is 0 Å². The van der Waals surface area contributed by atoms with Crippen molar-refractivity contribution in [3.05, 3.63) is 24.0 Å². The van der Waals surface area contributed by atoms with Crippen LogP contribution in [0.25, 0.3) is 0 Å². The zero-order valence-corrected chi connectivity index (χ0v) is 9.41. The van der Waals surface area contributed by atoms with Gasteiger partial charge in [-0.15, -0.1) is 0 Å². The number of aromatic nitrogens is 1. The van der Waals surface area contributed by atoms with Crippen LogP contribution in [0, 0.1) is 0 Å². The van der Waals surface area contributed by atoms with E-state index in [-0.39, 0.29) is 0 Å². The van der Waals surface area contributed by atoms with Crippen LogP contribution in [0.5, 0.6) is 0 Å². The molecule has 16 heavy (non-hydrogen) atoms. The molecule has 1 aromatic heterocycles. The standard InChI is InChI=1S/C11H16N2O3/c1-3-11(4-2,10(15)16)13-9(14)8-6-5-7-12-8/h5-7,12H,3-4H2,1-2H3,(H,13,14)(H,15,16). The molecule has 0 bridgehead atoms. The summed E-state index contributed by atoms with van der Waals surface area (Å²) in [6, 6.07) is 3.29. The first-order valence-electron chi connectivity index (χ1n) is 5.25. The van der Waals surface area contributed by atoms with Crippen molar-refractivity contribution in [2.75, 3.05) is 0 Å². The average molecular weight is 224 g/mol. The maximum atomic E-state index is 11.7. The third-order valence-electron chi connectivity index (χ3n) is 2.81. The summed E-state index contributed by atoms with van der Waals surface area (Å²) >= 11 is 0. The number of carboxylic acids is 1. The lowest BCUT2D eigenvalue weighted by Crippen LogP contribution is -2.53. The Hall–Kier alpha value is -1.78. The molecule has 0 spiro atoms. The van der Waals surface area contributed by atoms with Crippen LogP contribution < -0.4 is 5.32 Å². The summed E-state index contributed by atoms with van der Waals surface area (Å²) in [5.41, 5.74) is -0.810. The van der Waals surface area contributed by atoms with Gasteiger partial charge in [0.15, 0.2) is 0 Å². The summed E-state index contributed by atoms with van der Waals surface area (Å²) in [4.78, 5) is 25.6. The molecule has 0 aliphatic heterocycles. The van der Waals surface area contributed by atoms with Gasteiger partial charge in [-0.2, -0.15) is 0 Å². The number of H-pyrrole nitrogens is 1. The van der Waals surface area contributed by atoms with E-state index >= 15 is 0 Å². The molecule has 0 aliphatic rings. The van der Waals surface area contributed by atoms with Crippen LogP contribution in [-0.4, -0.2) is 27.5 Å². The summed E-state index contributed by atoms with van der Waals surface area (Å²) < 4.78 is 0. The van der Waals surface area contributed by atoms with Gasteiger partial charge in [-0.25, -0.2) is 4.79 Å². The highest BCUT2D eigenvalue weighted by atomic mass is 16.4. The van der Waals surface area contributed by atoms with Gasteiger partial charge in [-0.1, -0.05) is 13.8 Å². The van der Waals surface area contributed by atoms with E-state index in [9.17, 15) is 9.59 Å². The van der Waals surface area contributed by atoms with Crippen LogP contribution in [0.4, 0.5) is 0 Å². The molecule has 5 nitrogen and oxygen atoms in total. The van der Waals surface area contributed by atoms with Crippen LogP contribution in [-0.2, 0) is 4.79 Å². The number of rotatable bonds is 5. The predicted octanol–water partition coefficient (Wildman–Crippen LogP) is 1.39. The maximum absolute atomic E-state index is 11.7. The largest absolute Gasteiger partial charge is 0.480 e. The van der Waals surface area contributed by atoms with E-state index in [4.69, 9.17) is 5.11 Å². The Balaban J connectivity index is 2.84. The minimum atomic E-state index is -1.18. The molecule has 0 aromatic carbocycles. The molecule has 0 unspecified atom stereocenters. The summed E-state index contributed by atoms with van der Waals surface area (Å²) in [5, 5.41) is 11.7. The smallest absolute Gasteiger partial charge is 0.329 e. The van der Waals surface area contributed by atoms with Crippen molar-refractivity contribution < 1.29 is 14.7 Å². The fourth-order valence-electron chi connectivity index (χ4n) is 1.54. The van der Waals surface area contributed by atoms with Crippen LogP contribution in [0.3, 0.4) is 0 Å². The Morgan fingerprint density at radius 3 is 2.44 bits per heavy atom. The fourth-order valence-corrected chi connectivity index (χ4v) is 1.54.